The first-order valence-electron chi connectivity index (χ1n) is 5.52. The van der Waals surface area contributed by atoms with E-state index in [0.717, 1.165) is 28.7 Å². The topological polar surface area (TPSA) is 21.6 Å². The van der Waals surface area contributed by atoms with Crippen molar-refractivity contribution >= 4 is 17.5 Å². The molecule has 0 spiro atoms. The van der Waals surface area contributed by atoms with E-state index in [2.05, 4.69) is 11.2 Å². The van der Waals surface area contributed by atoms with Gasteiger partial charge in [-0.25, -0.2) is 0 Å². The predicted molar refractivity (Wildman–Crippen MR) is 75.0 cm³/mol. The molecule has 0 aliphatic rings. The molecule has 0 saturated heterocycles. The van der Waals surface area contributed by atoms with Crippen LogP contribution in [0, 0.1) is 0 Å². The Balaban J connectivity index is 5.04. The van der Waals surface area contributed by atoms with Crippen LogP contribution in [-0.2, 0) is 4.74 Å². The molecule has 0 aromatic carbocycles. The fourth-order valence-corrected chi connectivity index (χ4v) is 1.92. The minimum absolute atomic E-state index is 0.810. The second kappa shape index (κ2) is 7.55. The third-order valence-corrected chi connectivity index (χ3v) is 3.25. The summed E-state index contributed by atoms with van der Waals surface area (Å²) in [4.78, 5) is 5.54. The van der Waals surface area contributed by atoms with E-state index in [4.69, 9.17) is 4.74 Å². The van der Waals surface area contributed by atoms with E-state index in [0.29, 0.717) is 0 Å². The van der Waals surface area contributed by atoms with Crippen LogP contribution in [0.25, 0.3) is 0 Å². The Morgan fingerprint density at radius 2 is 1.62 bits per heavy atom. The van der Waals surface area contributed by atoms with Gasteiger partial charge >= 0.3 is 0 Å². The van der Waals surface area contributed by atoms with Gasteiger partial charge in [0, 0.05) is 12.3 Å². The van der Waals surface area contributed by atoms with Gasteiger partial charge in [-0.15, -0.1) is 11.8 Å². The van der Waals surface area contributed by atoms with Crippen molar-refractivity contribution in [3.63, 3.8) is 0 Å². The quantitative estimate of drug-likeness (QED) is 0.526. The van der Waals surface area contributed by atoms with Gasteiger partial charge in [0.2, 0.25) is 0 Å². The minimum Gasteiger partial charge on any atom is -0.466 e. The van der Waals surface area contributed by atoms with Crippen molar-refractivity contribution in [2.45, 2.75) is 41.5 Å². The van der Waals surface area contributed by atoms with Gasteiger partial charge in [0.15, 0.2) is 0 Å². The highest BCUT2D eigenvalue weighted by molar-refractivity contribution is 8.03. The van der Waals surface area contributed by atoms with Gasteiger partial charge in [-0.05, 0) is 53.4 Å². The Labute approximate surface area is 104 Å². The molecule has 0 heterocycles. The Kier molecular flexibility index (Phi) is 7.22. The third-order valence-electron chi connectivity index (χ3n) is 2.26. The van der Waals surface area contributed by atoms with Gasteiger partial charge in [-0.3, -0.25) is 4.99 Å². The van der Waals surface area contributed by atoms with Gasteiger partial charge in [-0.1, -0.05) is 0 Å². The number of hydrogen-bond acceptors (Lipinski definition) is 3. The molecule has 0 fully saturated rings. The Morgan fingerprint density at radius 1 is 1.06 bits per heavy atom. The molecule has 0 saturated carbocycles. The number of aliphatic imine (C=N–C) groups is 1. The maximum Gasteiger partial charge on any atom is 0.116 e. The molecule has 0 rings (SSSR count). The van der Waals surface area contributed by atoms with E-state index in [-0.39, 0.29) is 0 Å². The SMILES string of the molecule is CCN=C(C)/C(SC)=C(/C)OC(C)=C(C)C. The zero-order chi connectivity index (χ0) is 12.7. The summed E-state index contributed by atoms with van der Waals surface area (Å²) in [5.41, 5.74) is 2.25. The van der Waals surface area contributed by atoms with Crippen LogP contribution in [0.3, 0.4) is 0 Å². The smallest absolute Gasteiger partial charge is 0.116 e. The van der Waals surface area contributed by atoms with Gasteiger partial charge in [0.25, 0.3) is 0 Å². The highest BCUT2D eigenvalue weighted by Gasteiger charge is 2.07. The molecule has 0 aromatic heterocycles. The summed E-state index contributed by atoms with van der Waals surface area (Å²) in [6, 6.07) is 0. The lowest BCUT2D eigenvalue weighted by Gasteiger charge is -2.12. The van der Waals surface area contributed by atoms with Crippen molar-refractivity contribution in [1.82, 2.24) is 0 Å². The number of rotatable bonds is 5. The average molecular weight is 241 g/mol. The molecule has 0 amide bonds. The Morgan fingerprint density at radius 3 is 2.00 bits per heavy atom. The highest BCUT2D eigenvalue weighted by atomic mass is 32.2. The lowest BCUT2D eigenvalue weighted by atomic mass is 10.3. The Bertz CT molecular complexity index is 323. The first-order valence-corrected chi connectivity index (χ1v) is 6.74. The monoisotopic (exact) mass is 241 g/mol. The number of hydrogen-bond donors (Lipinski definition) is 0. The first-order chi connectivity index (χ1) is 7.43. The van der Waals surface area contributed by atoms with Crippen molar-refractivity contribution in [3.05, 3.63) is 22.0 Å². The third kappa shape index (κ3) is 4.88. The zero-order valence-electron chi connectivity index (χ0n) is 11.5. The molecule has 0 aliphatic heterocycles. The molecule has 3 heteroatoms. The first kappa shape index (κ1) is 15.3. The largest absolute Gasteiger partial charge is 0.466 e. The highest BCUT2D eigenvalue weighted by Crippen LogP contribution is 2.22. The average Bonchev–Trinajstić information content (AvgIpc) is 2.18. The fourth-order valence-electron chi connectivity index (χ4n) is 1.23. The fraction of sp³-hybridized carbons (Fsp3) is 0.615. The van der Waals surface area contributed by atoms with E-state index < -0.39 is 0 Å². The van der Waals surface area contributed by atoms with Gasteiger partial charge in [0.1, 0.15) is 5.76 Å². The van der Waals surface area contributed by atoms with Crippen LogP contribution in [0.2, 0.25) is 0 Å². The van der Waals surface area contributed by atoms with Crippen LogP contribution in [-0.4, -0.2) is 18.5 Å². The van der Waals surface area contributed by atoms with Crippen molar-refractivity contribution in [3.8, 4) is 0 Å². The van der Waals surface area contributed by atoms with Gasteiger partial charge < -0.3 is 4.74 Å². The summed E-state index contributed by atoms with van der Waals surface area (Å²) < 4.78 is 5.79. The van der Waals surface area contributed by atoms with Gasteiger partial charge in [0.05, 0.1) is 10.7 Å². The summed E-state index contributed by atoms with van der Waals surface area (Å²) in [7, 11) is 0. The van der Waals surface area contributed by atoms with Crippen LogP contribution in [0.1, 0.15) is 41.5 Å². The maximum atomic E-state index is 5.79. The van der Waals surface area contributed by atoms with Crippen molar-refractivity contribution in [2.75, 3.05) is 12.8 Å². The van der Waals surface area contributed by atoms with Crippen LogP contribution >= 0.6 is 11.8 Å². The lowest BCUT2D eigenvalue weighted by molar-refractivity contribution is 0.304. The summed E-state index contributed by atoms with van der Waals surface area (Å²) in [5, 5.41) is 0. The zero-order valence-corrected chi connectivity index (χ0v) is 12.3. The molecule has 0 bridgehead atoms. The normalized spacial score (nSPS) is 13.3. The Hall–Kier alpha value is -0.700. The van der Waals surface area contributed by atoms with E-state index in [9.17, 15) is 0 Å². The van der Waals surface area contributed by atoms with Crippen LogP contribution < -0.4 is 0 Å². The molecule has 0 aromatic rings. The van der Waals surface area contributed by atoms with Crippen LogP contribution in [0.5, 0.6) is 0 Å². The second-order valence-corrected chi connectivity index (χ2v) is 4.62. The number of allylic oxidation sites excluding steroid dienone is 4. The molecule has 0 unspecified atom stereocenters. The second-order valence-electron chi connectivity index (χ2n) is 3.81. The molecular weight excluding hydrogens is 218 g/mol. The van der Waals surface area contributed by atoms with Crippen LogP contribution in [0.15, 0.2) is 27.0 Å². The van der Waals surface area contributed by atoms with E-state index >= 15 is 0 Å². The molecule has 0 N–H and O–H groups in total. The molecule has 92 valence electrons. The number of thioether (sulfide) groups is 1. The maximum absolute atomic E-state index is 5.79. The minimum atomic E-state index is 0.810. The molecule has 0 radical (unpaired) electrons. The summed E-state index contributed by atoms with van der Waals surface area (Å²) in [5.74, 6) is 1.90. The molecule has 0 atom stereocenters. The van der Waals surface area contributed by atoms with Crippen molar-refractivity contribution in [2.24, 2.45) is 4.99 Å². The van der Waals surface area contributed by atoms with E-state index in [1.807, 2.05) is 41.5 Å². The summed E-state index contributed by atoms with van der Waals surface area (Å²) >= 11 is 1.68. The molecule has 2 nitrogen and oxygen atoms in total. The molecular formula is C13H23NOS. The molecule has 0 aliphatic carbocycles. The lowest BCUT2D eigenvalue weighted by Crippen LogP contribution is -2.01. The number of nitrogens with zero attached hydrogens (tertiary/aromatic N) is 1. The van der Waals surface area contributed by atoms with Gasteiger partial charge in [-0.2, -0.15) is 0 Å². The molecule has 16 heavy (non-hydrogen) atoms. The van der Waals surface area contributed by atoms with E-state index in [1.165, 1.54) is 5.57 Å². The summed E-state index contributed by atoms with van der Waals surface area (Å²) in [6.45, 7) is 13.0. The van der Waals surface area contributed by atoms with Crippen molar-refractivity contribution in [1.29, 1.82) is 0 Å². The van der Waals surface area contributed by atoms with E-state index in [1.54, 1.807) is 11.8 Å². The van der Waals surface area contributed by atoms with Crippen molar-refractivity contribution < 1.29 is 4.74 Å². The number of ether oxygens (including phenoxy) is 1. The standard InChI is InChI=1S/C13H23NOS/c1-8-14-10(4)13(16-7)12(6)15-11(5)9(2)3/h8H2,1-7H3/b13-12+,14-10?. The van der Waals surface area contributed by atoms with Crippen LogP contribution in [0.4, 0.5) is 0 Å². The predicted octanol–water partition coefficient (Wildman–Crippen LogP) is 4.39. The summed E-state index contributed by atoms with van der Waals surface area (Å²) in [6.07, 6.45) is 2.05.